The van der Waals surface area contributed by atoms with Crippen LogP contribution in [0.15, 0.2) is 29.3 Å². The third-order valence-electron chi connectivity index (χ3n) is 4.28. The minimum Gasteiger partial charge on any atom is -0.497 e. The molecule has 1 fully saturated rings. The predicted molar refractivity (Wildman–Crippen MR) is 107 cm³/mol. The number of aliphatic imine (C=N–C) groups is 1. The Kier molecular flexibility index (Phi) is 10.4. The molecule has 7 heteroatoms. The molecule has 0 radical (unpaired) electrons. The predicted octanol–water partition coefficient (Wildman–Crippen LogP) is 2.07. The lowest BCUT2D eigenvalue weighted by Crippen LogP contribution is -2.38. The van der Waals surface area contributed by atoms with Gasteiger partial charge < -0.3 is 29.6 Å². The molecular weight excluding hydrogens is 346 g/mol. The van der Waals surface area contributed by atoms with Crippen molar-refractivity contribution in [3.8, 4) is 11.5 Å². The molecule has 1 aliphatic rings. The van der Waals surface area contributed by atoms with Crippen molar-refractivity contribution in [2.45, 2.75) is 19.3 Å². The van der Waals surface area contributed by atoms with Gasteiger partial charge in [0.1, 0.15) is 11.5 Å². The molecule has 2 rings (SSSR count). The fourth-order valence-corrected chi connectivity index (χ4v) is 2.73. The Labute approximate surface area is 162 Å². The first-order valence-corrected chi connectivity index (χ1v) is 9.68. The smallest absolute Gasteiger partial charge is 0.190 e. The molecule has 1 atom stereocenters. The Morgan fingerprint density at radius 2 is 1.96 bits per heavy atom. The van der Waals surface area contributed by atoms with Crippen molar-refractivity contribution < 1.29 is 18.9 Å². The number of hydrogen-bond donors (Lipinski definition) is 2. The van der Waals surface area contributed by atoms with Crippen molar-refractivity contribution in [3.63, 3.8) is 0 Å². The van der Waals surface area contributed by atoms with E-state index in [9.17, 15) is 0 Å². The van der Waals surface area contributed by atoms with Gasteiger partial charge in [-0.2, -0.15) is 0 Å². The van der Waals surface area contributed by atoms with E-state index >= 15 is 0 Å². The second kappa shape index (κ2) is 13.2. The SMILES string of the molecule is CN=C(NCCCOCC1CCOC1)NCCCOc1cccc(OC)c1. The monoisotopic (exact) mass is 379 g/mol. The highest BCUT2D eigenvalue weighted by Crippen LogP contribution is 2.18. The van der Waals surface area contributed by atoms with E-state index in [1.54, 1.807) is 14.2 Å². The molecule has 0 spiro atoms. The number of hydrogen-bond acceptors (Lipinski definition) is 5. The van der Waals surface area contributed by atoms with Crippen LogP contribution in [0.3, 0.4) is 0 Å². The minimum atomic E-state index is 0.576. The maximum atomic E-state index is 5.73. The second-order valence-electron chi connectivity index (χ2n) is 6.46. The highest BCUT2D eigenvalue weighted by molar-refractivity contribution is 5.79. The summed E-state index contributed by atoms with van der Waals surface area (Å²) in [6.07, 6.45) is 2.95. The van der Waals surface area contributed by atoms with Crippen LogP contribution in [0, 0.1) is 5.92 Å². The third kappa shape index (κ3) is 8.97. The summed E-state index contributed by atoms with van der Waals surface area (Å²) in [4.78, 5) is 4.23. The van der Waals surface area contributed by atoms with Gasteiger partial charge in [-0.25, -0.2) is 0 Å². The van der Waals surface area contributed by atoms with E-state index in [-0.39, 0.29) is 0 Å². The van der Waals surface area contributed by atoms with Crippen molar-refractivity contribution in [1.82, 2.24) is 10.6 Å². The molecule has 2 N–H and O–H groups in total. The Hall–Kier alpha value is -1.99. The van der Waals surface area contributed by atoms with Crippen LogP contribution in [0.25, 0.3) is 0 Å². The van der Waals surface area contributed by atoms with Gasteiger partial charge in [-0.15, -0.1) is 0 Å². The number of benzene rings is 1. The second-order valence-corrected chi connectivity index (χ2v) is 6.46. The molecule has 27 heavy (non-hydrogen) atoms. The molecule has 1 heterocycles. The molecule has 0 saturated carbocycles. The van der Waals surface area contributed by atoms with Gasteiger partial charge in [0.2, 0.25) is 0 Å². The third-order valence-corrected chi connectivity index (χ3v) is 4.28. The number of rotatable bonds is 12. The highest BCUT2D eigenvalue weighted by atomic mass is 16.5. The largest absolute Gasteiger partial charge is 0.497 e. The Morgan fingerprint density at radius 3 is 2.67 bits per heavy atom. The van der Waals surface area contributed by atoms with E-state index < -0.39 is 0 Å². The summed E-state index contributed by atoms with van der Waals surface area (Å²) < 4.78 is 22.0. The minimum absolute atomic E-state index is 0.576. The van der Waals surface area contributed by atoms with Gasteiger partial charge in [0, 0.05) is 45.3 Å². The maximum Gasteiger partial charge on any atom is 0.190 e. The highest BCUT2D eigenvalue weighted by Gasteiger charge is 2.15. The molecule has 152 valence electrons. The molecule has 1 aromatic carbocycles. The van der Waals surface area contributed by atoms with E-state index in [1.807, 2.05) is 24.3 Å². The van der Waals surface area contributed by atoms with Gasteiger partial charge in [-0.05, 0) is 31.4 Å². The number of ether oxygens (including phenoxy) is 4. The maximum absolute atomic E-state index is 5.73. The van der Waals surface area contributed by atoms with Crippen LogP contribution >= 0.6 is 0 Å². The van der Waals surface area contributed by atoms with Gasteiger partial charge in [-0.3, -0.25) is 4.99 Å². The summed E-state index contributed by atoms with van der Waals surface area (Å²) in [5.41, 5.74) is 0. The van der Waals surface area contributed by atoms with Crippen LogP contribution in [-0.4, -0.2) is 66.2 Å². The fraction of sp³-hybridized carbons (Fsp3) is 0.650. The zero-order chi connectivity index (χ0) is 19.2. The average Bonchev–Trinajstić information content (AvgIpc) is 3.22. The van der Waals surface area contributed by atoms with Crippen LogP contribution in [0.5, 0.6) is 11.5 Å². The lowest BCUT2D eigenvalue weighted by atomic mass is 10.1. The van der Waals surface area contributed by atoms with Crippen molar-refractivity contribution in [1.29, 1.82) is 0 Å². The molecule has 7 nitrogen and oxygen atoms in total. The van der Waals surface area contributed by atoms with E-state index in [1.165, 1.54) is 0 Å². The van der Waals surface area contributed by atoms with Crippen molar-refractivity contribution in [3.05, 3.63) is 24.3 Å². The number of nitrogens with one attached hydrogen (secondary N) is 2. The van der Waals surface area contributed by atoms with Gasteiger partial charge >= 0.3 is 0 Å². The van der Waals surface area contributed by atoms with Crippen LogP contribution < -0.4 is 20.1 Å². The normalized spacial score (nSPS) is 17.0. The quantitative estimate of drug-likeness (QED) is 0.329. The summed E-state index contributed by atoms with van der Waals surface area (Å²) in [6, 6.07) is 7.63. The molecule has 0 aliphatic carbocycles. The van der Waals surface area contributed by atoms with Crippen LogP contribution in [-0.2, 0) is 9.47 Å². The average molecular weight is 380 g/mol. The summed E-state index contributed by atoms with van der Waals surface area (Å²) in [5, 5.41) is 6.59. The summed E-state index contributed by atoms with van der Waals surface area (Å²) >= 11 is 0. The van der Waals surface area contributed by atoms with Crippen molar-refractivity contribution in [2.24, 2.45) is 10.9 Å². The molecule has 1 aromatic rings. The molecule has 1 aliphatic heterocycles. The van der Waals surface area contributed by atoms with Gasteiger partial charge in [0.15, 0.2) is 5.96 Å². The Bertz CT molecular complexity index is 548. The number of methoxy groups -OCH3 is 1. The van der Waals surface area contributed by atoms with Crippen molar-refractivity contribution >= 4 is 5.96 Å². The summed E-state index contributed by atoms with van der Waals surface area (Å²) in [6.45, 7) is 5.55. The first kappa shape index (κ1) is 21.3. The fourth-order valence-electron chi connectivity index (χ4n) is 2.73. The van der Waals surface area contributed by atoms with E-state index in [4.69, 9.17) is 18.9 Å². The number of guanidine groups is 1. The molecule has 0 amide bonds. The zero-order valence-electron chi connectivity index (χ0n) is 16.5. The Balaban J connectivity index is 1.46. The number of nitrogens with zero attached hydrogens (tertiary/aromatic N) is 1. The first-order chi connectivity index (χ1) is 13.3. The topological polar surface area (TPSA) is 73.3 Å². The lowest BCUT2D eigenvalue weighted by molar-refractivity contribution is 0.0888. The standard InChI is InChI=1S/C20H33N3O4/c1-21-20(22-9-4-11-25-15-17-8-13-26-16-17)23-10-5-12-27-19-7-3-6-18(14-19)24-2/h3,6-7,14,17H,4-5,8-13,15-16H2,1-2H3,(H2,21,22,23). The lowest BCUT2D eigenvalue weighted by Gasteiger charge is -2.13. The van der Waals surface area contributed by atoms with Gasteiger partial charge in [0.05, 0.1) is 26.9 Å². The van der Waals surface area contributed by atoms with Crippen LogP contribution in [0.4, 0.5) is 0 Å². The van der Waals surface area contributed by atoms with Crippen LogP contribution in [0.1, 0.15) is 19.3 Å². The van der Waals surface area contributed by atoms with Crippen molar-refractivity contribution in [2.75, 3.05) is 60.3 Å². The first-order valence-electron chi connectivity index (χ1n) is 9.68. The Morgan fingerprint density at radius 1 is 1.19 bits per heavy atom. The molecule has 1 unspecified atom stereocenters. The molecule has 1 saturated heterocycles. The van der Waals surface area contributed by atoms with Gasteiger partial charge in [-0.1, -0.05) is 6.07 Å². The molecular formula is C20H33N3O4. The summed E-state index contributed by atoms with van der Waals surface area (Å²) in [7, 11) is 3.43. The van der Waals surface area contributed by atoms with E-state index in [0.717, 1.165) is 76.2 Å². The zero-order valence-corrected chi connectivity index (χ0v) is 16.5. The van der Waals surface area contributed by atoms with E-state index in [0.29, 0.717) is 12.5 Å². The summed E-state index contributed by atoms with van der Waals surface area (Å²) in [5.74, 6) is 3.00. The molecule has 0 aromatic heterocycles. The van der Waals surface area contributed by atoms with E-state index in [2.05, 4.69) is 15.6 Å². The molecule has 0 bridgehead atoms. The van der Waals surface area contributed by atoms with Crippen LogP contribution in [0.2, 0.25) is 0 Å². The van der Waals surface area contributed by atoms with Gasteiger partial charge in [0.25, 0.3) is 0 Å².